The van der Waals surface area contributed by atoms with Crippen molar-refractivity contribution >= 4 is 40.6 Å². The normalized spacial score (nSPS) is 24.7. The zero-order chi connectivity index (χ0) is 11.5. The summed E-state index contributed by atoms with van der Waals surface area (Å²) in [5.41, 5.74) is 0. The molecule has 1 aliphatic carbocycles. The first-order valence-corrected chi connectivity index (χ1v) is 6.63. The summed E-state index contributed by atoms with van der Waals surface area (Å²) in [5.74, 6) is 1.89. The summed E-state index contributed by atoms with van der Waals surface area (Å²) >= 11 is 17.8. The highest BCUT2D eigenvalue weighted by molar-refractivity contribution is 6.35. The second-order valence-electron chi connectivity index (χ2n) is 4.08. The van der Waals surface area contributed by atoms with Gasteiger partial charge in [-0.05, 0) is 24.8 Å². The fraction of sp³-hybridized carbons (Fsp3) is 0.545. The van der Waals surface area contributed by atoms with E-state index in [0.29, 0.717) is 33.7 Å². The van der Waals surface area contributed by atoms with E-state index < -0.39 is 0 Å². The van der Waals surface area contributed by atoms with Crippen LogP contribution in [0.1, 0.15) is 19.3 Å². The van der Waals surface area contributed by atoms with E-state index in [1.54, 1.807) is 12.3 Å². The predicted octanol–water partition coefficient (Wildman–Crippen LogP) is 4.21. The third kappa shape index (κ3) is 2.73. The molecule has 1 aliphatic rings. The summed E-state index contributed by atoms with van der Waals surface area (Å²) in [7, 11) is 0. The molecule has 1 heterocycles. The topological polar surface area (TPSA) is 24.9 Å². The summed E-state index contributed by atoms with van der Waals surface area (Å²) in [5, 5.41) is 4.47. The molecule has 1 saturated carbocycles. The Morgan fingerprint density at radius 3 is 2.88 bits per heavy atom. The van der Waals surface area contributed by atoms with Crippen LogP contribution >= 0.6 is 34.8 Å². The highest BCUT2D eigenvalue weighted by Gasteiger charge is 2.27. The van der Waals surface area contributed by atoms with Crippen LogP contribution in [0.15, 0.2) is 12.3 Å². The second kappa shape index (κ2) is 5.44. The first-order chi connectivity index (χ1) is 7.70. The minimum absolute atomic E-state index is 0.378. The first kappa shape index (κ1) is 12.3. The fourth-order valence-electron chi connectivity index (χ4n) is 2.11. The maximum atomic E-state index is 6.06. The quantitative estimate of drug-likeness (QED) is 0.839. The van der Waals surface area contributed by atoms with Crippen LogP contribution in [-0.4, -0.2) is 16.9 Å². The lowest BCUT2D eigenvalue weighted by Crippen LogP contribution is -2.25. The average molecular weight is 280 g/mol. The van der Waals surface area contributed by atoms with E-state index in [1.807, 2.05) is 0 Å². The highest BCUT2D eigenvalue weighted by Crippen LogP contribution is 2.31. The minimum Gasteiger partial charge on any atom is -0.366 e. The third-order valence-corrected chi connectivity index (χ3v) is 3.88. The molecule has 2 rings (SSSR count). The van der Waals surface area contributed by atoms with Gasteiger partial charge in [0.15, 0.2) is 0 Å². The molecule has 0 aliphatic heterocycles. The molecule has 16 heavy (non-hydrogen) atoms. The van der Waals surface area contributed by atoms with Gasteiger partial charge in [-0.3, -0.25) is 0 Å². The van der Waals surface area contributed by atoms with Crippen LogP contribution < -0.4 is 5.32 Å². The number of aromatic nitrogens is 1. The smallest absolute Gasteiger partial charge is 0.145 e. The molecule has 1 N–H and O–H groups in total. The number of alkyl halides is 1. The molecular weight excluding hydrogens is 266 g/mol. The van der Waals surface area contributed by atoms with Gasteiger partial charge in [-0.15, -0.1) is 11.6 Å². The molecule has 0 bridgehead atoms. The summed E-state index contributed by atoms with van der Waals surface area (Å²) in [6.45, 7) is 0. The Balaban J connectivity index is 2.08. The van der Waals surface area contributed by atoms with Gasteiger partial charge in [0.2, 0.25) is 0 Å². The Morgan fingerprint density at radius 1 is 1.38 bits per heavy atom. The van der Waals surface area contributed by atoms with Crippen molar-refractivity contribution < 1.29 is 0 Å². The van der Waals surface area contributed by atoms with Gasteiger partial charge in [-0.1, -0.05) is 29.6 Å². The van der Waals surface area contributed by atoms with Crippen molar-refractivity contribution in [2.24, 2.45) is 5.92 Å². The average Bonchev–Trinajstić information content (AvgIpc) is 2.69. The second-order valence-corrected chi connectivity index (χ2v) is 5.23. The monoisotopic (exact) mass is 278 g/mol. The largest absolute Gasteiger partial charge is 0.366 e. The molecule has 88 valence electrons. The molecule has 1 aromatic heterocycles. The van der Waals surface area contributed by atoms with Gasteiger partial charge in [0.1, 0.15) is 5.82 Å². The van der Waals surface area contributed by atoms with E-state index in [1.165, 1.54) is 12.8 Å². The summed E-state index contributed by atoms with van der Waals surface area (Å²) in [6, 6.07) is 2.08. The molecule has 1 aromatic rings. The first-order valence-electron chi connectivity index (χ1n) is 5.34. The Morgan fingerprint density at radius 2 is 2.19 bits per heavy atom. The molecule has 0 aromatic carbocycles. The number of pyridine rings is 1. The van der Waals surface area contributed by atoms with Gasteiger partial charge < -0.3 is 5.32 Å². The Hall–Kier alpha value is -0.180. The molecule has 2 atom stereocenters. The summed E-state index contributed by atoms with van der Waals surface area (Å²) in [6.07, 6.45) is 5.10. The van der Waals surface area contributed by atoms with Crippen LogP contribution in [-0.2, 0) is 0 Å². The van der Waals surface area contributed by atoms with Crippen LogP contribution in [0.2, 0.25) is 10.0 Å². The minimum atomic E-state index is 0.378. The molecule has 2 nitrogen and oxygen atoms in total. The number of rotatable bonds is 3. The Kier molecular flexibility index (Phi) is 4.17. The van der Waals surface area contributed by atoms with Crippen molar-refractivity contribution in [2.75, 3.05) is 11.2 Å². The lowest BCUT2D eigenvalue weighted by atomic mass is 10.1. The molecular formula is C11H13Cl3N2. The zero-order valence-electron chi connectivity index (χ0n) is 8.72. The number of hydrogen-bond acceptors (Lipinski definition) is 2. The predicted molar refractivity (Wildman–Crippen MR) is 69.7 cm³/mol. The Labute approximate surface area is 110 Å². The number of anilines is 1. The SMILES string of the molecule is ClCC1CCCC1Nc1ncc(Cl)cc1Cl. The lowest BCUT2D eigenvalue weighted by Gasteiger charge is -2.20. The van der Waals surface area contributed by atoms with Crippen LogP contribution in [0.5, 0.6) is 0 Å². The molecule has 0 radical (unpaired) electrons. The lowest BCUT2D eigenvalue weighted by molar-refractivity contribution is 0.561. The van der Waals surface area contributed by atoms with E-state index in [4.69, 9.17) is 34.8 Å². The number of nitrogens with zero attached hydrogens (tertiary/aromatic N) is 1. The van der Waals surface area contributed by atoms with Gasteiger partial charge in [0, 0.05) is 18.1 Å². The molecule has 1 fully saturated rings. The Bertz CT molecular complexity index is 370. The van der Waals surface area contributed by atoms with E-state index >= 15 is 0 Å². The van der Waals surface area contributed by atoms with Crippen LogP contribution in [0, 0.1) is 5.92 Å². The van der Waals surface area contributed by atoms with Crippen LogP contribution in [0.3, 0.4) is 0 Å². The van der Waals surface area contributed by atoms with Gasteiger partial charge in [0.05, 0.1) is 10.0 Å². The maximum absolute atomic E-state index is 6.06. The summed E-state index contributed by atoms with van der Waals surface area (Å²) < 4.78 is 0. The maximum Gasteiger partial charge on any atom is 0.145 e. The third-order valence-electron chi connectivity index (χ3n) is 2.99. The van der Waals surface area contributed by atoms with E-state index in [0.717, 1.165) is 6.42 Å². The van der Waals surface area contributed by atoms with Crippen molar-refractivity contribution in [2.45, 2.75) is 25.3 Å². The van der Waals surface area contributed by atoms with Gasteiger partial charge in [0.25, 0.3) is 0 Å². The molecule has 0 saturated heterocycles. The summed E-state index contributed by atoms with van der Waals surface area (Å²) in [4.78, 5) is 4.19. The van der Waals surface area contributed by atoms with Gasteiger partial charge >= 0.3 is 0 Å². The highest BCUT2D eigenvalue weighted by atomic mass is 35.5. The molecule has 0 spiro atoms. The fourth-order valence-corrected chi connectivity index (χ4v) is 2.91. The van der Waals surface area contributed by atoms with E-state index in [9.17, 15) is 0 Å². The van der Waals surface area contributed by atoms with Gasteiger partial charge in [-0.25, -0.2) is 4.98 Å². The van der Waals surface area contributed by atoms with Crippen LogP contribution in [0.4, 0.5) is 5.82 Å². The number of halogens is 3. The standard InChI is InChI=1S/C11H13Cl3N2/c12-5-7-2-1-3-10(7)16-11-9(14)4-8(13)6-15-11/h4,6-7,10H,1-3,5H2,(H,15,16). The zero-order valence-corrected chi connectivity index (χ0v) is 11.0. The van der Waals surface area contributed by atoms with Crippen molar-refractivity contribution in [3.05, 3.63) is 22.3 Å². The van der Waals surface area contributed by atoms with Crippen molar-refractivity contribution in [3.8, 4) is 0 Å². The number of hydrogen-bond donors (Lipinski definition) is 1. The molecule has 2 unspecified atom stereocenters. The van der Waals surface area contributed by atoms with Crippen LogP contribution in [0.25, 0.3) is 0 Å². The van der Waals surface area contributed by atoms with Crippen molar-refractivity contribution in [1.82, 2.24) is 4.98 Å². The van der Waals surface area contributed by atoms with E-state index in [2.05, 4.69) is 10.3 Å². The van der Waals surface area contributed by atoms with Gasteiger partial charge in [-0.2, -0.15) is 0 Å². The van der Waals surface area contributed by atoms with Crippen molar-refractivity contribution in [3.63, 3.8) is 0 Å². The number of nitrogens with one attached hydrogen (secondary N) is 1. The molecule has 0 amide bonds. The van der Waals surface area contributed by atoms with E-state index in [-0.39, 0.29) is 0 Å². The molecule has 5 heteroatoms. The van der Waals surface area contributed by atoms with Crippen molar-refractivity contribution in [1.29, 1.82) is 0 Å².